The monoisotopic (exact) mass is 343 g/mol. The zero-order valence-electron chi connectivity index (χ0n) is 13.3. The Bertz CT molecular complexity index is 828. The molecule has 0 saturated carbocycles. The quantitative estimate of drug-likeness (QED) is 0.567. The van der Waals surface area contributed by atoms with Crippen LogP contribution in [-0.2, 0) is 9.53 Å². The lowest BCUT2D eigenvalue weighted by atomic mass is 10.1. The van der Waals surface area contributed by atoms with E-state index in [9.17, 15) is 14.0 Å². The number of carbonyl (C=O) groups is 2. The Balaban J connectivity index is 1.91. The zero-order valence-corrected chi connectivity index (χ0v) is 13.3. The molecular weight excluding hydrogens is 329 g/mol. The summed E-state index contributed by atoms with van der Waals surface area (Å²) in [6, 6.07) is 11.8. The molecule has 0 spiro atoms. The minimum Gasteiger partial charge on any atom is -0.496 e. The molecule has 2 rings (SSSR count). The van der Waals surface area contributed by atoms with E-state index in [2.05, 4.69) is 0 Å². The maximum Gasteiger partial charge on any atom is 0.344 e. The summed E-state index contributed by atoms with van der Waals surface area (Å²) in [5.41, 5.74) is 0.252. The molecule has 0 atom stereocenters. The van der Waals surface area contributed by atoms with E-state index in [1.54, 1.807) is 18.2 Å². The fourth-order valence-electron chi connectivity index (χ4n) is 1.99. The van der Waals surface area contributed by atoms with Crippen molar-refractivity contribution in [3.05, 3.63) is 59.4 Å². The summed E-state index contributed by atoms with van der Waals surface area (Å²) in [4.78, 5) is 23.7. The smallest absolute Gasteiger partial charge is 0.344 e. The van der Waals surface area contributed by atoms with E-state index < -0.39 is 30.8 Å². The molecule has 0 unspecified atom stereocenters. The number of rotatable bonds is 7. The van der Waals surface area contributed by atoms with Gasteiger partial charge in [-0.15, -0.1) is 0 Å². The number of benzene rings is 2. The lowest BCUT2D eigenvalue weighted by Crippen LogP contribution is -2.20. The molecule has 0 aliphatic heterocycles. The summed E-state index contributed by atoms with van der Waals surface area (Å²) < 4.78 is 28.3. The zero-order chi connectivity index (χ0) is 18.2. The summed E-state index contributed by atoms with van der Waals surface area (Å²) in [5, 5.41) is 8.92. The maximum atomic E-state index is 13.3. The molecule has 0 N–H and O–H groups in total. The number of nitriles is 1. The molecule has 0 heterocycles. The van der Waals surface area contributed by atoms with Gasteiger partial charge in [0.1, 0.15) is 23.4 Å². The predicted octanol–water partition coefficient (Wildman–Crippen LogP) is 2.51. The highest BCUT2D eigenvalue weighted by atomic mass is 19.1. The number of nitrogens with zero attached hydrogens (tertiary/aromatic N) is 1. The second kappa shape index (κ2) is 8.45. The molecule has 0 saturated heterocycles. The van der Waals surface area contributed by atoms with Gasteiger partial charge in [0.25, 0.3) is 0 Å². The van der Waals surface area contributed by atoms with Crippen molar-refractivity contribution in [2.24, 2.45) is 0 Å². The first-order chi connectivity index (χ1) is 12.0. The van der Waals surface area contributed by atoms with E-state index in [4.69, 9.17) is 19.5 Å². The number of Topliss-reactive ketones (excluding diaryl/α,β-unsaturated/α-hetero) is 1. The lowest BCUT2D eigenvalue weighted by Gasteiger charge is -2.09. The molecule has 25 heavy (non-hydrogen) atoms. The van der Waals surface area contributed by atoms with Gasteiger partial charge in [-0.05, 0) is 30.3 Å². The highest BCUT2D eigenvalue weighted by Gasteiger charge is 2.16. The van der Waals surface area contributed by atoms with Crippen molar-refractivity contribution in [1.29, 1.82) is 5.26 Å². The molecular formula is C18H14FNO5. The van der Waals surface area contributed by atoms with Gasteiger partial charge in [-0.25, -0.2) is 9.18 Å². The van der Waals surface area contributed by atoms with Gasteiger partial charge >= 0.3 is 5.97 Å². The van der Waals surface area contributed by atoms with Crippen LogP contribution in [0.4, 0.5) is 4.39 Å². The van der Waals surface area contributed by atoms with Crippen LogP contribution >= 0.6 is 0 Å². The van der Waals surface area contributed by atoms with Crippen LogP contribution in [0.5, 0.6) is 11.5 Å². The predicted molar refractivity (Wildman–Crippen MR) is 84.9 cm³/mol. The molecule has 6 nitrogen and oxygen atoms in total. The van der Waals surface area contributed by atoms with E-state index in [0.29, 0.717) is 0 Å². The number of hydrogen-bond acceptors (Lipinski definition) is 6. The van der Waals surface area contributed by atoms with E-state index >= 15 is 0 Å². The van der Waals surface area contributed by atoms with Crippen molar-refractivity contribution >= 4 is 11.8 Å². The molecule has 0 radical (unpaired) electrons. The Morgan fingerprint density at radius 1 is 1.12 bits per heavy atom. The van der Waals surface area contributed by atoms with Crippen molar-refractivity contribution in [2.75, 3.05) is 20.3 Å². The molecule has 128 valence electrons. The van der Waals surface area contributed by atoms with Crippen molar-refractivity contribution in [3.63, 3.8) is 0 Å². The highest BCUT2D eigenvalue weighted by molar-refractivity contribution is 6.00. The fraction of sp³-hybridized carbons (Fsp3) is 0.167. The molecule has 0 amide bonds. The van der Waals surface area contributed by atoms with Gasteiger partial charge in [0.15, 0.2) is 13.2 Å². The Morgan fingerprint density at radius 3 is 2.60 bits per heavy atom. The van der Waals surface area contributed by atoms with Crippen molar-refractivity contribution < 1.29 is 28.2 Å². The van der Waals surface area contributed by atoms with E-state index in [1.165, 1.54) is 19.2 Å². The minimum absolute atomic E-state index is 0.0222. The highest BCUT2D eigenvalue weighted by Crippen LogP contribution is 2.20. The summed E-state index contributed by atoms with van der Waals surface area (Å²) in [5.74, 6) is -1.59. The standard InChI is InChI=1S/C18H14FNO5/c1-23-17-7-6-13(19)8-14(17)15(21)10-25-18(22)11-24-16-5-3-2-4-12(16)9-20/h2-8H,10-11H2,1H3. The molecule has 0 aliphatic rings. The normalized spacial score (nSPS) is 9.80. The number of ketones is 1. The fourth-order valence-corrected chi connectivity index (χ4v) is 1.99. The van der Waals surface area contributed by atoms with Gasteiger partial charge in [0, 0.05) is 0 Å². The maximum absolute atomic E-state index is 13.3. The van der Waals surface area contributed by atoms with Crippen molar-refractivity contribution in [1.82, 2.24) is 0 Å². The first kappa shape index (κ1) is 17.9. The topological polar surface area (TPSA) is 85.6 Å². The van der Waals surface area contributed by atoms with Gasteiger partial charge < -0.3 is 14.2 Å². The Labute approximate surface area is 143 Å². The van der Waals surface area contributed by atoms with Gasteiger partial charge in [-0.2, -0.15) is 5.26 Å². The van der Waals surface area contributed by atoms with Crippen LogP contribution in [0.2, 0.25) is 0 Å². The average Bonchev–Trinajstić information content (AvgIpc) is 2.64. The number of para-hydroxylation sites is 1. The molecule has 2 aromatic rings. The number of ether oxygens (including phenoxy) is 3. The number of hydrogen-bond donors (Lipinski definition) is 0. The molecule has 0 fully saturated rings. The number of methoxy groups -OCH3 is 1. The first-order valence-corrected chi connectivity index (χ1v) is 7.19. The van der Waals surface area contributed by atoms with Crippen LogP contribution in [0.15, 0.2) is 42.5 Å². The Morgan fingerprint density at radius 2 is 1.88 bits per heavy atom. The van der Waals surface area contributed by atoms with E-state index in [1.807, 2.05) is 6.07 Å². The summed E-state index contributed by atoms with van der Waals surface area (Å²) in [7, 11) is 1.34. The minimum atomic E-state index is -0.795. The van der Waals surface area contributed by atoms with E-state index in [0.717, 1.165) is 12.1 Å². The third kappa shape index (κ3) is 4.78. The third-order valence-electron chi connectivity index (χ3n) is 3.18. The number of carbonyl (C=O) groups excluding carboxylic acids is 2. The van der Waals surface area contributed by atoms with Crippen LogP contribution < -0.4 is 9.47 Å². The second-order valence-electron chi connectivity index (χ2n) is 4.83. The number of halogens is 1. The van der Waals surface area contributed by atoms with Crippen LogP contribution in [0.3, 0.4) is 0 Å². The summed E-state index contributed by atoms with van der Waals surface area (Å²) >= 11 is 0. The summed E-state index contributed by atoms with van der Waals surface area (Å²) in [6.07, 6.45) is 0. The second-order valence-corrected chi connectivity index (χ2v) is 4.83. The number of esters is 1. The summed E-state index contributed by atoms with van der Waals surface area (Å²) in [6.45, 7) is -1.05. The van der Waals surface area contributed by atoms with Gasteiger partial charge in [0.2, 0.25) is 5.78 Å². The van der Waals surface area contributed by atoms with Crippen molar-refractivity contribution in [2.45, 2.75) is 0 Å². The molecule has 0 aliphatic carbocycles. The van der Waals surface area contributed by atoms with Gasteiger partial charge in [-0.1, -0.05) is 12.1 Å². The molecule has 2 aromatic carbocycles. The van der Waals surface area contributed by atoms with Crippen molar-refractivity contribution in [3.8, 4) is 17.6 Å². The van der Waals surface area contributed by atoms with Gasteiger partial charge in [-0.3, -0.25) is 4.79 Å². The van der Waals surface area contributed by atoms with Crippen LogP contribution in [0.1, 0.15) is 15.9 Å². The first-order valence-electron chi connectivity index (χ1n) is 7.19. The largest absolute Gasteiger partial charge is 0.496 e. The molecule has 7 heteroatoms. The Kier molecular flexibility index (Phi) is 6.07. The SMILES string of the molecule is COc1ccc(F)cc1C(=O)COC(=O)COc1ccccc1C#N. The average molecular weight is 343 g/mol. The lowest BCUT2D eigenvalue weighted by molar-refractivity contribution is -0.144. The van der Waals surface area contributed by atoms with E-state index in [-0.39, 0.29) is 22.6 Å². The third-order valence-corrected chi connectivity index (χ3v) is 3.18. The van der Waals surface area contributed by atoms with Gasteiger partial charge in [0.05, 0.1) is 18.2 Å². The van der Waals surface area contributed by atoms with Crippen LogP contribution in [0.25, 0.3) is 0 Å². The Hall–Kier alpha value is -3.40. The molecule has 0 aromatic heterocycles. The van der Waals surface area contributed by atoms with Crippen LogP contribution in [0, 0.1) is 17.1 Å². The van der Waals surface area contributed by atoms with Crippen LogP contribution in [-0.4, -0.2) is 32.1 Å². The molecule has 0 bridgehead atoms.